The van der Waals surface area contributed by atoms with Crippen LogP contribution in [0.1, 0.15) is 56.0 Å². The second-order valence-electron chi connectivity index (χ2n) is 10.6. The van der Waals surface area contributed by atoms with Crippen molar-refractivity contribution in [2.75, 3.05) is 6.61 Å². The minimum Gasteiger partial charge on any atom is -0.508 e. The highest BCUT2D eigenvalue weighted by Crippen LogP contribution is 2.70. The number of aromatic hydroxyl groups is 2. The lowest BCUT2D eigenvalue weighted by molar-refractivity contribution is -0.332. The summed E-state index contributed by atoms with van der Waals surface area (Å²) in [5, 5.41) is 52.6. The molecular formula is C23H32O7. The molecule has 3 aliphatic rings. The van der Waals surface area contributed by atoms with Gasteiger partial charge in [0.2, 0.25) is 0 Å². The number of phenolic OH excluding ortho intramolecular Hbond substituents is 2. The van der Waals surface area contributed by atoms with Crippen LogP contribution in [0.5, 0.6) is 11.5 Å². The van der Waals surface area contributed by atoms with Crippen LogP contribution < -0.4 is 0 Å². The summed E-state index contributed by atoms with van der Waals surface area (Å²) in [5.74, 6) is -2.13. The number of rotatable bonds is 3. The summed E-state index contributed by atoms with van der Waals surface area (Å²) in [6.07, 6.45) is 0.313. The third kappa shape index (κ3) is 2.71. The van der Waals surface area contributed by atoms with Crippen LogP contribution in [-0.2, 0) is 4.74 Å². The summed E-state index contributed by atoms with van der Waals surface area (Å²) in [4.78, 5) is 12.8. The fourth-order valence-corrected chi connectivity index (χ4v) is 6.86. The highest BCUT2D eigenvalue weighted by Gasteiger charge is 2.76. The standard InChI is InChI=1S/C23H32O7/c1-11-5-12(25)6-16(26)18(11)20(28)30-17-9-22(4)14-8-21(2,3)7-13(14)19(27)15(10-24)23(17,22)29/h5-6,13-15,17,19,24-27,29H,7-10H2,1-4H3/t13-,14-,15-,17-,19+,22-,23+/m1/s1. The largest absolute Gasteiger partial charge is 0.508 e. The van der Waals surface area contributed by atoms with Gasteiger partial charge in [-0.25, -0.2) is 4.79 Å². The molecule has 7 atom stereocenters. The van der Waals surface area contributed by atoms with E-state index in [4.69, 9.17) is 4.74 Å². The lowest BCUT2D eigenvalue weighted by Gasteiger charge is -2.69. The molecule has 3 aliphatic carbocycles. The zero-order valence-corrected chi connectivity index (χ0v) is 17.9. The lowest BCUT2D eigenvalue weighted by atomic mass is 9.40. The van der Waals surface area contributed by atoms with E-state index in [-0.39, 0.29) is 28.6 Å². The Morgan fingerprint density at radius 1 is 1.17 bits per heavy atom. The summed E-state index contributed by atoms with van der Waals surface area (Å²) in [7, 11) is 0. The number of aliphatic hydroxyl groups excluding tert-OH is 2. The van der Waals surface area contributed by atoms with Crippen molar-refractivity contribution in [3.8, 4) is 11.5 Å². The van der Waals surface area contributed by atoms with Crippen molar-refractivity contribution in [1.29, 1.82) is 0 Å². The molecule has 0 spiro atoms. The molecule has 3 fully saturated rings. The Bertz CT molecular complexity index is 857. The van der Waals surface area contributed by atoms with Crippen molar-refractivity contribution in [2.45, 2.75) is 64.8 Å². The molecule has 7 heteroatoms. The van der Waals surface area contributed by atoms with Crippen molar-refractivity contribution in [2.24, 2.45) is 28.6 Å². The number of benzene rings is 1. The van der Waals surface area contributed by atoms with Gasteiger partial charge in [0, 0.05) is 17.4 Å². The number of carbonyl (C=O) groups excluding carboxylic acids is 1. The Balaban J connectivity index is 1.65. The normalized spacial score (nSPS) is 41.5. The molecule has 3 saturated carbocycles. The van der Waals surface area contributed by atoms with Gasteiger partial charge < -0.3 is 30.3 Å². The van der Waals surface area contributed by atoms with E-state index in [9.17, 15) is 30.3 Å². The van der Waals surface area contributed by atoms with Crippen molar-refractivity contribution in [3.05, 3.63) is 23.3 Å². The molecule has 4 rings (SSSR count). The Kier molecular flexibility index (Phi) is 4.70. The van der Waals surface area contributed by atoms with Gasteiger partial charge in [-0.3, -0.25) is 0 Å². The van der Waals surface area contributed by atoms with Crippen LogP contribution in [0.25, 0.3) is 0 Å². The molecule has 5 N–H and O–H groups in total. The number of carbonyl (C=O) groups is 1. The summed E-state index contributed by atoms with van der Waals surface area (Å²) < 4.78 is 5.64. The van der Waals surface area contributed by atoms with E-state index < -0.39 is 47.5 Å². The van der Waals surface area contributed by atoms with Crippen LogP contribution in [0.2, 0.25) is 0 Å². The number of esters is 1. The molecule has 1 aromatic rings. The molecule has 1 aromatic carbocycles. The predicted molar refractivity (Wildman–Crippen MR) is 108 cm³/mol. The molecule has 0 amide bonds. The average molecular weight is 421 g/mol. The van der Waals surface area contributed by atoms with E-state index in [0.29, 0.717) is 12.0 Å². The maximum atomic E-state index is 12.8. The fourth-order valence-electron chi connectivity index (χ4n) is 6.86. The van der Waals surface area contributed by atoms with Gasteiger partial charge in [-0.1, -0.05) is 20.8 Å². The molecule has 30 heavy (non-hydrogen) atoms. The Morgan fingerprint density at radius 2 is 1.83 bits per heavy atom. The van der Waals surface area contributed by atoms with Crippen LogP contribution in [-0.4, -0.2) is 55.9 Å². The monoisotopic (exact) mass is 420 g/mol. The minimum absolute atomic E-state index is 0.0116. The first kappa shape index (κ1) is 21.4. The van der Waals surface area contributed by atoms with E-state index in [2.05, 4.69) is 13.8 Å². The lowest BCUT2D eigenvalue weighted by Crippen LogP contribution is -2.79. The molecule has 0 bridgehead atoms. The Labute approximate surface area is 176 Å². The first-order chi connectivity index (χ1) is 13.9. The van der Waals surface area contributed by atoms with E-state index in [1.807, 2.05) is 6.92 Å². The van der Waals surface area contributed by atoms with Gasteiger partial charge in [-0.2, -0.15) is 0 Å². The maximum Gasteiger partial charge on any atom is 0.342 e. The molecule has 0 aromatic heterocycles. The molecule has 0 saturated heterocycles. The number of fused-ring (bicyclic) bond motifs is 3. The van der Waals surface area contributed by atoms with Crippen LogP contribution in [0.3, 0.4) is 0 Å². The van der Waals surface area contributed by atoms with Crippen LogP contribution in [0.4, 0.5) is 0 Å². The van der Waals surface area contributed by atoms with Crippen molar-refractivity contribution in [3.63, 3.8) is 0 Å². The molecule has 0 aliphatic heterocycles. The Hall–Kier alpha value is -1.83. The van der Waals surface area contributed by atoms with Crippen molar-refractivity contribution >= 4 is 5.97 Å². The molecule has 7 nitrogen and oxygen atoms in total. The summed E-state index contributed by atoms with van der Waals surface area (Å²) >= 11 is 0. The number of aliphatic hydroxyl groups is 3. The van der Waals surface area contributed by atoms with E-state index in [1.54, 1.807) is 6.92 Å². The topological polar surface area (TPSA) is 127 Å². The van der Waals surface area contributed by atoms with Crippen molar-refractivity contribution < 1.29 is 35.1 Å². The Morgan fingerprint density at radius 3 is 2.43 bits per heavy atom. The zero-order chi connectivity index (χ0) is 22.2. The number of hydrogen-bond donors (Lipinski definition) is 5. The third-order valence-corrected chi connectivity index (χ3v) is 8.28. The van der Waals surface area contributed by atoms with Gasteiger partial charge in [0.15, 0.2) is 0 Å². The highest BCUT2D eigenvalue weighted by atomic mass is 16.6. The summed E-state index contributed by atoms with van der Waals surface area (Å²) in [5.41, 5.74) is -1.83. The van der Waals surface area contributed by atoms with Crippen LogP contribution >= 0.6 is 0 Å². The van der Waals surface area contributed by atoms with E-state index >= 15 is 0 Å². The second kappa shape index (κ2) is 6.58. The van der Waals surface area contributed by atoms with Crippen molar-refractivity contribution in [1.82, 2.24) is 0 Å². The molecule has 166 valence electrons. The first-order valence-corrected chi connectivity index (χ1v) is 10.6. The first-order valence-electron chi connectivity index (χ1n) is 10.6. The van der Waals surface area contributed by atoms with Gasteiger partial charge >= 0.3 is 5.97 Å². The van der Waals surface area contributed by atoms with Gasteiger partial charge in [0.25, 0.3) is 0 Å². The molecule has 0 heterocycles. The third-order valence-electron chi connectivity index (χ3n) is 8.28. The predicted octanol–water partition coefficient (Wildman–Crippen LogP) is 2.11. The van der Waals surface area contributed by atoms with Gasteiger partial charge in [-0.15, -0.1) is 0 Å². The number of ether oxygens (including phenoxy) is 1. The second-order valence-corrected chi connectivity index (χ2v) is 10.6. The fraction of sp³-hybridized carbons (Fsp3) is 0.696. The molecule has 0 unspecified atom stereocenters. The van der Waals surface area contributed by atoms with E-state index in [0.717, 1.165) is 18.9 Å². The van der Waals surface area contributed by atoms with Gasteiger partial charge in [0.05, 0.1) is 12.7 Å². The number of phenols is 2. The minimum atomic E-state index is -1.56. The number of hydrogen-bond acceptors (Lipinski definition) is 7. The number of aryl methyl sites for hydroxylation is 1. The summed E-state index contributed by atoms with van der Waals surface area (Å²) in [6.45, 7) is 7.44. The maximum absolute atomic E-state index is 12.8. The molecule has 0 radical (unpaired) electrons. The van der Waals surface area contributed by atoms with E-state index in [1.165, 1.54) is 6.07 Å². The average Bonchev–Trinajstić information content (AvgIpc) is 2.96. The van der Waals surface area contributed by atoms with Crippen LogP contribution in [0.15, 0.2) is 12.1 Å². The molecular weight excluding hydrogens is 388 g/mol. The smallest absolute Gasteiger partial charge is 0.342 e. The van der Waals surface area contributed by atoms with Gasteiger partial charge in [-0.05, 0) is 55.1 Å². The SMILES string of the molecule is Cc1cc(O)cc(O)c1C(=O)O[C@@H]1C[C@]2(C)[C@@H]3CC(C)(C)C[C@H]3[C@H](O)[C@@H](CO)[C@]12O. The van der Waals surface area contributed by atoms with Crippen LogP contribution in [0, 0.1) is 35.5 Å². The quantitative estimate of drug-likeness (QED) is 0.474. The zero-order valence-electron chi connectivity index (χ0n) is 17.9. The highest BCUT2D eigenvalue weighted by molar-refractivity contribution is 5.94. The summed E-state index contributed by atoms with van der Waals surface area (Å²) in [6, 6.07) is 2.41. The van der Waals surface area contributed by atoms with Gasteiger partial charge in [0.1, 0.15) is 28.8 Å².